The van der Waals surface area contributed by atoms with Gasteiger partial charge in [0.15, 0.2) is 0 Å². The van der Waals surface area contributed by atoms with Crippen LogP contribution in [0.1, 0.15) is 0 Å². The average Bonchev–Trinajstić information content (AvgIpc) is 2.71. The molecule has 0 aliphatic rings. The summed E-state index contributed by atoms with van der Waals surface area (Å²) in [6.07, 6.45) is 0. The summed E-state index contributed by atoms with van der Waals surface area (Å²) in [6.45, 7) is 0. The molecule has 3 rings (SSSR count). The van der Waals surface area contributed by atoms with Gasteiger partial charge >= 0.3 is 0 Å². The maximum Gasteiger partial charge on any atom is 0.261 e. The molecule has 7 nitrogen and oxygen atoms in total. The first-order chi connectivity index (χ1) is 14.1. The van der Waals surface area contributed by atoms with Crippen LogP contribution in [0.15, 0.2) is 76.5 Å². The summed E-state index contributed by atoms with van der Waals surface area (Å²) in [4.78, 5) is -0.0118. The predicted octanol–water partition coefficient (Wildman–Crippen LogP) is 4.60. The highest BCUT2D eigenvalue weighted by atomic mass is 35.5. The van der Waals surface area contributed by atoms with E-state index in [9.17, 15) is 16.8 Å². The fraction of sp³-hybridized carbons (Fsp3) is 0.0526. The largest absolute Gasteiger partial charge is 0.497 e. The van der Waals surface area contributed by atoms with Crippen molar-refractivity contribution in [3.05, 3.63) is 76.8 Å². The molecule has 30 heavy (non-hydrogen) atoms. The Kier molecular flexibility index (Phi) is 6.47. The lowest BCUT2D eigenvalue weighted by Gasteiger charge is -2.11. The fourth-order valence-electron chi connectivity index (χ4n) is 2.44. The smallest absolute Gasteiger partial charge is 0.261 e. The highest BCUT2D eigenvalue weighted by molar-refractivity contribution is 7.93. The zero-order valence-corrected chi connectivity index (χ0v) is 18.6. The number of sulfonamides is 2. The minimum atomic E-state index is -3.91. The van der Waals surface area contributed by atoms with E-state index in [1.165, 1.54) is 73.8 Å². The van der Waals surface area contributed by atoms with E-state index in [1.54, 1.807) is 0 Å². The van der Waals surface area contributed by atoms with E-state index < -0.39 is 20.0 Å². The van der Waals surface area contributed by atoms with Gasteiger partial charge in [-0.05, 0) is 66.7 Å². The van der Waals surface area contributed by atoms with Gasteiger partial charge in [-0.2, -0.15) is 0 Å². The van der Waals surface area contributed by atoms with E-state index in [2.05, 4.69) is 9.44 Å². The van der Waals surface area contributed by atoms with Crippen molar-refractivity contribution in [3.63, 3.8) is 0 Å². The summed E-state index contributed by atoms with van der Waals surface area (Å²) in [5, 5.41) is 0.508. The number of hydrogen-bond donors (Lipinski definition) is 2. The van der Waals surface area contributed by atoms with Crippen LogP contribution < -0.4 is 14.2 Å². The molecule has 3 aromatic rings. The highest BCUT2D eigenvalue weighted by Gasteiger charge is 2.17. The Morgan fingerprint density at radius 1 is 0.667 bits per heavy atom. The molecule has 158 valence electrons. The summed E-state index contributed by atoms with van der Waals surface area (Å²) >= 11 is 11.7. The summed E-state index contributed by atoms with van der Waals surface area (Å²) < 4.78 is 59.8. The molecule has 0 heterocycles. The van der Waals surface area contributed by atoms with Gasteiger partial charge in [0.05, 0.1) is 32.6 Å². The topological polar surface area (TPSA) is 102 Å². The van der Waals surface area contributed by atoms with Gasteiger partial charge in [0, 0.05) is 5.69 Å². The number of hydrogen-bond acceptors (Lipinski definition) is 5. The van der Waals surface area contributed by atoms with Crippen molar-refractivity contribution in [1.29, 1.82) is 0 Å². The Bertz CT molecular complexity index is 1260. The van der Waals surface area contributed by atoms with Crippen LogP contribution in [0.25, 0.3) is 0 Å². The van der Waals surface area contributed by atoms with Crippen molar-refractivity contribution in [3.8, 4) is 5.75 Å². The second-order valence-electron chi connectivity index (χ2n) is 6.04. The van der Waals surface area contributed by atoms with Crippen LogP contribution in [0.3, 0.4) is 0 Å². The standard InChI is InChI=1S/C19H16Cl2N2O5S2/c1-28-15-5-9-17(10-6-15)29(24,25)22-13-2-7-16(8-3-13)30(26,27)23-14-4-11-18(20)19(21)12-14/h2-12,22-23H,1H3. The van der Waals surface area contributed by atoms with Crippen molar-refractivity contribution in [2.24, 2.45) is 0 Å². The van der Waals surface area contributed by atoms with Crippen LogP contribution in [-0.4, -0.2) is 23.9 Å². The van der Waals surface area contributed by atoms with Crippen LogP contribution in [-0.2, 0) is 20.0 Å². The maximum absolute atomic E-state index is 12.5. The Balaban J connectivity index is 1.77. The number of rotatable bonds is 7. The average molecular weight is 487 g/mol. The molecule has 2 N–H and O–H groups in total. The molecule has 0 fully saturated rings. The third-order valence-electron chi connectivity index (χ3n) is 3.96. The summed E-state index contributed by atoms with van der Waals surface area (Å²) in [5.41, 5.74) is 0.452. The minimum Gasteiger partial charge on any atom is -0.497 e. The Labute approximate surface area is 184 Å². The van der Waals surface area contributed by atoms with E-state index >= 15 is 0 Å². The molecule has 0 spiro atoms. The molecule has 3 aromatic carbocycles. The molecule has 0 unspecified atom stereocenters. The van der Waals surface area contributed by atoms with Crippen LogP contribution in [0.2, 0.25) is 10.0 Å². The second-order valence-corrected chi connectivity index (χ2v) is 10.2. The molecule has 0 saturated carbocycles. The number of anilines is 2. The van der Waals surface area contributed by atoms with Gasteiger partial charge in [0.1, 0.15) is 5.75 Å². The van der Waals surface area contributed by atoms with Crippen molar-refractivity contribution < 1.29 is 21.6 Å². The molecular formula is C19H16Cl2N2O5S2. The van der Waals surface area contributed by atoms with Gasteiger partial charge in [-0.15, -0.1) is 0 Å². The molecular weight excluding hydrogens is 471 g/mol. The summed E-state index contributed by atoms with van der Waals surface area (Å²) in [6, 6.07) is 15.5. The van der Waals surface area contributed by atoms with Crippen LogP contribution >= 0.6 is 23.2 Å². The van der Waals surface area contributed by atoms with E-state index in [0.29, 0.717) is 10.8 Å². The Morgan fingerprint density at radius 3 is 1.63 bits per heavy atom. The van der Waals surface area contributed by atoms with E-state index in [1.807, 2.05) is 0 Å². The third-order valence-corrected chi connectivity index (χ3v) is 7.49. The van der Waals surface area contributed by atoms with Crippen molar-refractivity contribution in [1.82, 2.24) is 0 Å². The van der Waals surface area contributed by atoms with Crippen molar-refractivity contribution in [2.45, 2.75) is 9.79 Å². The Morgan fingerprint density at radius 2 is 1.13 bits per heavy atom. The van der Waals surface area contributed by atoms with Gasteiger partial charge in [-0.3, -0.25) is 9.44 Å². The lowest BCUT2D eigenvalue weighted by atomic mass is 10.3. The fourth-order valence-corrected chi connectivity index (χ4v) is 4.85. The van der Waals surface area contributed by atoms with E-state index in [-0.39, 0.29) is 26.2 Å². The number of nitrogens with one attached hydrogen (secondary N) is 2. The molecule has 0 aliphatic heterocycles. The van der Waals surface area contributed by atoms with Crippen LogP contribution in [0.4, 0.5) is 11.4 Å². The molecule has 0 saturated heterocycles. The van der Waals surface area contributed by atoms with E-state index in [0.717, 1.165) is 0 Å². The highest BCUT2D eigenvalue weighted by Crippen LogP contribution is 2.27. The number of methoxy groups -OCH3 is 1. The second kappa shape index (κ2) is 8.73. The molecule has 0 atom stereocenters. The first-order valence-electron chi connectivity index (χ1n) is 8.35. The minimum absolute atomic E-state index is 0.0429. The van der Waals surface area contributed by atoms with Crippen molar-refractivity contribution in [2.75, 3.05) is 16.6 Å². The van der Waals surface area contributed by atoms with Gasteiger partial charge in [0.2, 0.25) is 0 Å². The summed E-state index contributed by atoms with van der Waals surface area (Å²) in [7, 11) is -6.27. The molecule has 0 aromatic heterocycles. The molecule has 11 heteroatoms. The monoisotopic (exact) mass is 486 g/mol. The zero-order chi connectivity index (χ0) is 21.9. The first-order valence-corrected chi connectivity index (χ1v) is 12.1. The normalized spacial score (nSPS) is 11.7. The lowest BCUT2D eigenvalue weighted by Crippen LogP contribution is -2.14. The maximum atomic E-state index is 12.5. The van der Waals surface area contributed by atoms with Gasteiger partial charge in [0.25, 0.3) is 20.0 Å². The molecule has 0 aliphatic carbocycles. The number of ether oxygens (including phenoxy) is 1. The molecule has 0 bridgehead atoms. The van der Waals surface area contributed by atoms with Crippen molar-refractivity contribution >= 4 is 54.6 Å². The third kappa shape index (κ3) is 5.17. The zero-order valence-electron chi connectivity index (χ0n) is 15.5. The molecule has 0 radical (unpaired) electrons. The Hall–Kier alpha value is -2.46. The van der Waals surface area contributed by atoms with Gasteiger partial charge < -0.3 is 4.74 Å². The first kappa shape index (κ1) is 22.2. The molecule has 0 amide bonds. The van der Waals surface area contributed by atoms with Gasteiger partial charge in [-0.25, -0.2) is 16.8 Å². The lowest BCUT2D eigenvalue weighted by molar-refractivity contribution is 0.414. The number of halogens is 2. The quantitative estimate of drug-likeness (QED) is 0.507. The van der Waals surface area contributed by atoms with Crippen LogP contribution in [0.5, 0.6) is 5.75 Å². The predicted molar refractivity (Wildman–Crippen MR) is 118 cm³/mol. The SMILES string of the molecule is COc1ccc(S(=O)(=O)Nc2ccc(S(=O)(=O)Nc3ccc(Cl)c(Cl)c3)cc2)cc1. The van der Waals surface area contributed by atoms with Crippen LogP contribution in [0, 0.1) is 0 Å². The number of benzene rings is 3. The van der Waals surface area contributed by atoms with Gasteiger partial charge in [-0.1, -0.05) is 23.2 Å². The van der Waals surface area contributed by atoms with E-state index in [4.69, 9.17) is 27.9 Å². The summed E-state index contributed by atoms with van der Waals surface area (Å²) in [5.74, 6) is 0.526.